The lowest BCUT2D eigenvalue weighted by Gasteiger charge is -2.11. The number of aryl methyl sites for hydroxylation is 1. The lowest BCUT2D eigenvalue weighted by molar-refractivity contribution is -0.118. The fourth-order valence-electron chi connectivity index (χ4n) is 2.24. The van der Waals surface area contributed by atoms with Gasteiger partial charge in [0.25, 0.3) is 11.8 Å². The van der Waals surface area contributed by atoms with Gasteiger partial charge in [0.15, 0.2) is 6.61 Å². The summed E-state index contributed by atoms with van der Waals surface area (Å²) >= 11 is 0. The molecule has 0 saturated carbocycles. The van der Waals surface area contributed by atoms with E-state index in [0.29, 0.717) is 17.4 Å². The lowest BCUT2D eigenvalue weighted by Crippen LogP contribution is -2.21. The van der Waals surface area contributed by atoms with E-state index in [1.807, 2.05) is 31.2 Å². The monoisotopic (exact) mass is 326 g/mol. The molecule has 0 spiro atoms. The first-order chi connectivity index (χ1) is 11.4. The van der Waals surface area contributed by atoms with Gasteiger partial charge in [-0.15, -0.1) is 0 Å². The first-order valence-electron chi connectivity index (χ1n) is 7.80. The largest absolute Gasteiger partial charge is 0.483 e. The average molecular weight is 326 g/mol. The van der Waals surface area contributed by atoms with Gasteiger partial charge in [-0.2, -0.15) is 0 Å². The van der Waals surface area contributed by atoms with E-state index in [0.717, 1.165) is 5.56 Å². The molecule has 0 bridgehead atoms. The molecule has 0 aromatic heterocycles. The third kappa shape index (κ3) is 4.59. The number of amides is 2. The molecule has 0 aliphatic rings. The summed E-state index contributed by atoms with van der Waals surface area (Å²) in [5, 5.41) is 2.76. The Morgan fingerprint density at radius 2 is 1.79 bits per heavy atom. The Bertz CT molecular complexity index is 737. The van der Waals surface area contributed by atoms with Gasteiger partial charge >= 0.3 is 0 Å². The number of anilines is 1. The molecule has 0 fully saturated rings. The SMILES string of the molecule is Cc1ccc(C(N)=O)c(OCC(=O)Nc2ccc(C(C)C)cc2)c1. The molecule has 24 heavy (non-hydrogen) atoms. The molecule has 0 atom stereocenters. The molecule has 0 aliphatic heterocycles. The van der Waals surface area contributed by atoms with Crippen LogP contribution in [0.25, 0.3) is 0 Å². The number of benzene rings is 2. The topological polar surface area (TPSA) is 81.4 Å². The summed E-state index contributed by atoms with van der Waals surface area (Å²) in [6.45, 7) is 5.89. The maximum atomic E-state index is 12.0. The second-order valence-corrected chi connectivity index (χ2v) is 5.98. The van der Waals surface area contributed by atoms with Gasteiger partial charge in [-0.3, -0.25) is 9.59 Å². The molecule has 3 N–H and O–H groups in total. The number of ether oxygens (including phenoxy) is 1. The lowest BCUT2D eigenvalue weighted by atomic mass is 10.0. The number of carbonyl (C=O) groups excluding carboxylic acids is 2. The number of carbonyl (C=O) groups is 2. The van der Waals surface area contributed by atoms with Gasteiger partial charge in [-0.25, -0.2) is 0 Å². The van der Waals surface area contributed by atoms with Crippen LogP contribution < -0.4 is 15.8 Å². The normalized spacial score (nSPS) is 10.5. The minimum atomic E-state index is -0.588. The number of hydrogen-bond donors (Lipinski definition) is 2. The molecule has 5 heteroatoms. The molecule has 2 amide bonds. The molecule has 0 radical (unpaired) electrons. The highest BCUT2D eigenvalue weighted by Gasteiger charge is 2.11. The second-order valence-electron chi connectivity index (χ2n) is 5.98. The third-order valence-corrected chi connectivity index (χ3v) is 3.62. The van der Waals surface area contributed by atoms with Crippen molar-refractivity contribution in [2.45, 2.75) is 26.7 Å². The minimum absolute atomic E-state index is 0.199. The zero-order valence-corrected chi connectivity index (χ0v) is 14.1. The van der Waals surface area contributed by atoms with Crippen molar-refractivity contribution in [3.05, 3.63) is 59.2 Å². The first-order valence-corrected chi connectivity index (χ1v) is 7.80. The van der Waals surface area contributed by atoms with Gasteiger partial charge in [-0.1, -0.05) is 32.0 Å². The van der Waals surface area contributed by atoms with Crippen LogP contribution in [-0.2, 0) is 4.79 Å². The van der Waals surface area contributed by atoms with E-state index in [1.165, 1.54) is 5.56 Å². The summed E-state index contributed by atoms with van der Waals surface area (Å²) in [5.41, 5.74) is 8.39. The highest BCUT2D eigenvalue weighted by Crippen LogP contribution is 2.20. The van der Waals surface area contributed by atoms with Crippen LogP contribution in [0.1, 0.15) is 41.3 Å². The molecule has 5 nitrogen and oxygen atoms in total. The van der Waals surface area contributed by atoms with Crippen LogP contribution in [0.3, 0.4) is 0 Å². The Balaban J connectivity index is 1.98. The van der Waals surface area contributed by atoms with Gasteiger partial charge < -0.3 is 15.8 Å². The molecule has 2 aromatic rings. The van der Waals surface area contributed by atoms with E-state index in [9.17, 15) is 9.59 Å². The van der Waals surface area contributed by atoms with Crippen molar-refractivity contribution in [2.24, 2.45) is 5.73 Å². The first kappa shape index (κ1) is 17.5. The van der Waals surface area contributed by atoms with Crippen LogP contribution in [0, 0.1) is 6.92 Å². The van der Waals surface area contributed by atoms with Gasteiger partial charge in [0.2, 0.25) is 0 Å². The summed E-state index contributed by atoms with van der Waals surface area (Å²) < 4.78 is 5.46. The van der Waals surface area contributed by atoms with Crippen LogP contribution >= 0.6 is 0 Å². The third-order valence-electron chi connectivity index (χ3n) is 3.62. The van der Waals surface area contributed by atoms with Gasteiger partial charge in [0, 0.05) is 5.69 Å². The van der Waals surface area contributed by atoms with Gasteiger partial charge in [0.1, 0.15) is 5.75 Å². The summed E-state index contributed by atoms with van der Waals surface area (Å²) in [7, 11) is 0. The number of rotatable bonds is 6. The van der Waals surface area contributed by atoms with E-state index >= 15 is 0 Å². The van der Waals surface area contributed by atoms with Crippen LogP contribution in [0.15, 0.2) is 42.5 Å². The fourth-order valence-corrected chi connectivity index (χ4v) is 2.24. The maximum absolute atomic E-state index is 12.0. The van der Waals surface area contributed by atoms with Crippen LogP contribution in [0.2, 0.25) is 0 Å². The van der Waals surface area contributed by atoms with Crippen molar-refractivity contribution < 1.29 is 14.3 Å². The fraction of sp³-hybridized carbons (Fsp3) is 0.263. The van der Waals surface area contributed by atoms with E-state index < -0.39 is 5.91 Å². The predicted octanol–water partition coefficient (Wildman–Crippen LogP) is 3.23. The molecule has 0 aliphatic carbocycles. The molecule has 0 heterocycles. The van der Waals surface area contributed by atoms with E-state index in [-0.39, 0.29) is 18.1 Å². The Labute approximate surface area is 141 Å². The Kier molecular flexibility index (Phi) is 5.58. The Morgan fingerprint density at radius 3 is 2.38 bits per heavy atom. The summed E-state index contributed by atoms with van der Waals surface area (Å²) in [4.78, 5) is 23.4. The zero-order chi connectivity index (χ0) is 17.7. The molecule has 2 rings (SSSR count). The number of primary amides is 1. The summed E-state index contributed by atoms with van der Waals surface area (Å²) in [5.74, 6) is -0.140. The second kappa shape index (κ2) is 7.64. The van der Waals surface area contributed by atoms with Crippen LogP contribution in [-0.4, -0.2) is 18.4 Å². The van der Waals surface area contributed by atoms with Crippen molar-refractivity contribution in [3.63, 3.8) is 0 Å². The predicted molar refractivity (Wildman–Crippen MR) is 94.4 cm³/mol. The van der Waals surface area contributed by atoms with Crippen LogP contribution in [0.4, 0.5) is 5.69 Å². The number of nitrogens with two attached hydrogens (primary N) is 1. The van der Waals surface area contributed by atoms with Crippen molar-refractivity contribution in [2.75, 3.05) is 11.9 Å². The number of hydrogen-bond acceptors (Lipinski definition) is 3. The number of nitrogens with one attached hydrogen (secondary N) is 1. The van der Waals surface area contributed by atoms with E-state index in [4.69, 9.17) is 10.5 Å². The smallest absolute Gasteiger partial charge is 0.262 e. The Hall–Kier alpha value is -2.82. The average Bonchev–Trinajstić information content (AvgIpc) is 2.53. The highest BCUT2D eigenvalue weighted by molar-refractivity contribution is 5.96. The van der Waals surface area contributed by atoms with Crippen molar-refractivity contribution in [1.29, 1.82) is 0 Å². The van der Waals surface area contributed by atoms with Gasteiger partial charge in [0.05, 0.1) is 5.56 Å². The van der Waals surface area contributed by atoms with Crippen molar-refractivity contribution >= 4 is 17.5 Å². The zero-order valence-electron chi connectivity index (χ0n) is 14.1. The summed E-state index contributed by atoms with van der Waals surface area (Å²) in [6.07, 6.45) is 0. The molecular formula is C19H22N2O3. The standard InChI is InChI=1S/C19H22N2O3/c1-12(2)14-5-7-15(8-6-14)21-18(22)11-24-17-10-13(3)4-9-16(17)19(20)23/h4-10,12H,11H2,1-3H3,(H2,20,23)(H,21,22). The van der Waals surface area contributed by atoms with Crippen molar-refractivity contribution in [3.8, 4) is 5.75 Å². The molecule has 126 valence electrons. The minimum Gasteiger partial charge on any atom is -0.483 e. The highest BCUT2D eigenvalue weighted by atomic mass is 16.5. The van der Waals surface area contributed by atoms with Crippen molar-refractivity contribution in [1.82, 2.24) is 0 Å². The molecule has 0 unspecified atom stereocenters. The van der Waals surface area contributed by atoms with E-state index in [2.05, 4.69) is 19.2 Å². The molecular weight excluding hydrogens is 304 g/mol. The van der Waals surface area contributed by atoms with Gasteiger partial charge in [-0.05, 0) is 48.2 Å². The Morgan fingerprint density at radius 1 is 1.12 bits per heavy atom. The summed E-state index contributed by atoms with van der Waals surface area (Å²) in [6, 6.07) is 12.7. The quantitative estimate of drug-likeness (QED) is 0.855. The maximum Gasteiger partial charge on any atom is 0.262 e. The van der Waals surface area contributed by atoms with Crippen LogP contribution in [0.5, 0.6) is 5.75 Å². The van der Waals surface area contributed by atoms with E-state index in [1.54, 1.807) is 18.2 Å². The molecule has 0 saturated heterocycles. The molecule has 2 aromatic carbocycles.